The summed E-state index contributed by atoms with van der Waals surface area (Å²) >= 11 is 1.64. The van der Waals surface area contributed by atoms with Crippen molar-refractivity contribution in [3.8, 4) is 0 Å². The fraction of sp³-hybridized carbons (Fsp3) is 0.667. The summed E-state index contributed by atoms with van der Waals surface area (Å²) in [6, 6.07) is 0.103. The lowest BCUT2D eigenvalue weighted by Gasteiger charge is -2.36. The molecule has 1 aromatic rings. The number of piperidine rings is 1. The Balaban J connectivity index is 1.78. The number of carbonyl (C=O) groups is 2. The number of amides is 2. The van der Waals surface area contributed by atoms with E-state index >= 15 is 0 Å². The highest BCUT2D eigenvalue weighted by Crippen LogP contribution is 2.34. The van der Waals surface area contributed by atoms with Crippen molar-refractivity contribution in [3.63, 3.8) is 0 Å². The number of likely N-dealkylation sites (tertiary alicyclic amines) is 2. The van der Waals surface area contributed by atoms with Gasteiger partial charge in [0.1, 0.15) is 5.01 Å². The van der Waals surface area contributed by atoms with Gasteiger partial charge in [-0.2, -0.15) is 0 Å². The monoisotopic (exact) mass is 307 g/mol. The molecule has 0 aromatic carbocycles. The Morgan fingerprint density at radius 2 is 2.24 bits per heavy atom. The van der Waals surface area contributed by atoms with Gasteiger partial charge in [0.05, 0.1) is 12.0 Å². The predicted molar refractivity (Wildman–Crippen MR) is 80.9 cm³/mol. The first kappa shape index (κ1) is 14.5. The van der Waals surface area contributed by atoms with E-state index in [4.69, 9.17) is 0 Å². The molecule has 2 saturated heterocycles. The van der Waals surface area contributed by atoms with E-state index in [0.29, 0.717) is 13.0 Å². The molecule has 2 amide bonds. The zero-order chi connectivity index (χ0) is 15.0. The van der Waals surface area contributed by atoms with Crippen molar-refractivity contribution in [2.45, 2.75) is 38.6 Å². The molecule has 2 unspecified atom stereocenters. The van der Waals surface area contributed by atoms with Crippen molar-refractivity contribution < 1.29 is 9.59 Å². The van der Waals surface area contributed by atoms with E-state index in [9.17, 15) is 9.59 Å². The van der Waals surface area contributed by atoms with Crippen LogP contribution in [0.2, 0.25) is 0 Å². The molecule has 2 atom stereocenters. The highest BCUT2D eigenvalue weighted by atomic mass is 32.1. The van der Waals surface area contributed by atoms with Crippen LogP contribution in [-0.4, -0.2) is 46.7 Å². The summed E-state index contributed by atoms with van der Waals surface area (Å²) in [7, 11) is 1.77. The largest absolute Gasteiger partial charge is 0.345 e. The molecule has 0 spiro atoms. The molecule has 21 heavy (non-hydrogen) atoms. The van der Waals surface area contributed by atoms with E-state index in [-0.39, 0.29) is 23.8 Å². The zero-order valence-electron chi connectivity index (χ0n) is 12.5. The van der Waals surface area contributed by atoms with Gasteiger partial charge in [0.2, 0.25) is 11.8 Å². The van der Waals surface area contributed by atoms with E-state index in [1.54, 1.807) is 23.3 Å². The highest BCUT2D eigenvalue weighted by molar-refractivity contribution is 7.09. The molecule has 2 fully saturated rings. The Bertz CT molecular complexity index is 557. The van der Waals surface area contributed by atoms with Gasteiger partial charge in [-0.1, -0.05) is 0 Å². The van der Waals surface area contributed by atoms with Crippen LogP contribution >= 0.6 is 11.3 Å². The lowest BCUT2D eigenvalue weighted by atomic mass is 9.99. The number of aryl methyl sites for hydroxylation is 1. The second-order valence-corrected chi connectivity index (χ2v) is 6.94. The minimum absolute atomic E-state index is 0.0759. The van der Waals surface area contributed by atoms with Crippen molar-refractivity contribution in [3.05, 3.63) is 16.1 Å². The number of nitrogens with zero attached hydrogens (tertiary/aromatic N) is 3. The number of aromatic nitrogens is 1. The van der Waals surface area contributed by atoms with Gasteiger partial charge in [0.15, 0.2) is 0 Å². The number of carbonyl (C=O) groups excluding carboxylic acids is 2. The van der Waals surface area contributed by atoms with Crippen LogP contribution in [0, 0.1) is 12.8 Å². The summed E-state index contributed by atoms with van der Waals surface area (Å²) in [5.41, 5.74) is 1.02. The molecule has 0 aliphatic carbocycles. The quantitative estimate of drug-likeness (QED) is 0.839. The second kappa shape index (κ2) is 5.75. The standard InChI is InChI=1S/C15H21N3O2S/c1-10-9-21-14(16-10)12-5-3-4-6-18(12)15(20)11-7-13(19)17(2)8-11/h9,11-12H,3-8H2,1-2H3. The van der Waals surface area contributed by atoms with Crippen LogP contribution < -0.4 is 0 Å². The molecule has 3 heterocycles. The van der Waals surface area contributed by atoms with Crippen LogP contribution in [0.3, 0.4) is 0 Å². The Morgan fingerprint density at radius 3 is 2.86 bits per heavy atom. The van der Waals surface area contributed by atoms with Crippen LogP contribution in [0.4, 0.5) is 0 Å². The third kappa shape index (κ3) is 2.81. The van der Waals surface area contributed by atoms with Crippen LogP contribution in [0.25, 0.3) is 0 Å². The molecular weight excluding hydrogens is 286 g/mol. The van der Waals surface area contributed by atoms with E-state index < -0.39 is 0 Å². The predicted octanol–water partition coefficient (Wildman–Crippen LogP) is 1.98. The van der Waals surface area contributed by atoms with Crippen LogP contribution in [-0.2, 0) is 9.59 Å². The lowest BCUT2D eigenvalue weighted by Crippen LogP contribution is -2.42. The first-order valence-corrected chi connectivity index (χ1v) is 8.40. The fourth-order valence-corrected chi connectivity index (χ4v) is 4.18. The topological polar surface area (TPSA) is 53.5 Å². The fourth-order valence-electron chi connectivity index (χ4n) is 3.24. The highest BCUT2D eigenvalue weighted by Gasteiger charge is 2.38. The van der Waals surface area contributed by atoms with Crippen LogP contribution in [0.15, 0.2) is 5.38 Å². The van der Waals surface area contributed by atoms with Crippen molar-refractivity contribution in [2.75, 3.05) is 20.1 Å². The smallest absolute Gasteiger partial charge is 0.228 e. The summed E-state index contributed by atoms with van der Waals surface area (Å²) < 4.78 is 0. The maximum atomic E-state index is 12.8. The summed E-state index contributed by atoms with van der Waals surface area (Å²) in [6.07, 6.45) is 3.52. The minimum atomic E-state index is -0.177. The molecule has 5 nitrogen and oxygen atoms in total. The third-order valence-electron chi connectivity index (χ3n) is 4.40. The van der Waals surface area contributed by atoms with Crippen molar-refractivity contribution in [1.82, 2.24) is 14.8 Å². The Morgan fingerprint density at radius 1 is 1.43 bits per heavy atom. The van der Waals surface area contributed by atoms with Gasteiger partial charge in [-0.05, 0) is 26.2 Å². The summed E-state index contributed by atoms with van der Waals surface area (Å²) in [5, 5.41) is 3.08. The first-order chi connectivity index (χ1) is 10.1. The minimum Gasteiger partial charge on any atom is -0.345 e. The van der Waals surface area contributed by atoms with Gasteiger partial charge in [-0.3, -0.25) is 9.59 Å². The Labute approximate surface area is 129 Å². The van der Waals surface area contributed by atoms with E-state index in [1.807, 2.05) is 17.2 Å². The van der Waals surface area contributed by atoms with Crippen molar-refractivity contribution >= 4 is 23.2 Å². The van der Waals surface area contributed by atoms with E-state index in [0.717, 1.165) is 36.5 Å². The SMILES string of the molecule is Cc1csc(C2CCCCN2C(=O)C2CC(=O)N(C)C2)n1. The third-order valence-corrected chi connectivity index (χ3v) is 5.46. The van der Waals surface area contributed by atoms with Crippen molar-refractivity contribution in [1.29, 1.82) is 0 Å². The molecule has 2 aliphatic rings. The normalized spacial score (nSPS) is 26.5. The number of hydrogen-bond acceptors (Lipinski definition) is 4. The molecular formula is C15H21N3O2S. The van der Waals surface area contributed by atoms with Crippen LogP contribution in [0.5, 0.6) is 0 Å². The molecule has 0 N–H and O–H groups in total. The molecule has 0 bridgehead atoms. The van der Waals surface area contributed by atoms with Crippen molar-refractivity contribution in [2.24, 2.45) is 5.92 Å². The first-order valence-electron chi connectivity index (χ1n) is 7.52. The van der Waals surface area contributed by atoms with Gasteiger partial charge >= 0.3 is 0 Å². The van der Waals surface area contributed by atoms with Gasteiger partial charge < -0.3 is 9.80 Å². The zero-order valence-corrected chi connectivity index (χ0v) is 13.4. The molecule has 6 heteroatoms. The van der Waals surface area contributed by atoms with E-state index in [2.05, 4.69) is 4.98 Å². The molecule has 0 radical (unpaired) electrons. The number of thiazole rings is 1. The average Bonchev–Trinajstić information content (AvgIpc) is 3.05. The molecule has 1 aromatic heterocycles. The van der Waals surface area contributed by atoms with Gasteiger partial charge in [-0.25, -0.2) is 4.98 Å². The Hall–Kier alpha value is -1.43. The summed E-state index contributed by atoms with van der Waals surface area (Å²) in [5.74, 6) is 0.0291. The second-order valence-electron chi connectivity index (χ2n) is 6.05. The summed E-state index contributed by atoms with van der Waals surface area (Å²) in [4.78, 5) is 32.7. The van der Waals surface area contributed by atoms with Crippen LogP contribution in [0.1, 0.15) is 42.4 Å². The molecule has 3 rings (SSSR count). The average molecular weight is 307 g/mol. The number of hydrogen-bond donors (Lipinski definition) is 0. The summed E-state index contributed by atoms with van der Waals surface area (Å²) in [6.45, 7) is 3.33. The van der Waals surface area contributed by atoms with Gasteiger partial charge in [-0.15, -0.1) is 11.3 Å². The Kier molecular flexibility index (Phi) is 3.97. The molecule has 2 aliphatic heterocycles. The molecule has 0 saturated carbocycles. The van der Waals surface area contributed by atoms with E-state index in [1.165, 1.54) is 0 Å². The maximum absolute atomic E-state index is 12.8. The number of rotatable bonds is 2. The lowest BCUT2D eigenvalue weighted by molar-refractivity contribution is -0.139. The maximum Gasteiger partial charge on any atom is 0.228 e. The van der Waals surface area contributed by atoms with Gasteiger partial charge in [0, 0.05) is 37.6 Å². The molecule has 114 valence electrons. The van der Waals surface area contributed by atoms with Gasteiger partial charge in [0.25, 0.3) is 0 Å².